The molecule has 0 radical (unpaired) electrons. The molecule has 0 saturated heterocycles. The molecule has 1 unspecified atom stereocenters. The Balaban J connectivity index is 1.61. The van der Waals surface area contributed by atoms with Gasteiger partial charge in [-0.3, -0.25) is 4.79 Å². The summed E-state index contributed by atoms with van der Waals surface area (Å²) in [6.45, 7) is 7.16. The summed E-state index contributed by atoms with van der Waals surface area (Å²) in [6, 6.07) is 5.66. The van der Waals surface area contributed by atoms with E-state index < -0.39 is 5.92 Å². The minimum atomic E-state index is -0.505. The summed E-state index contributed by atoms with van der Waals surface area (Å²) in [6.07, 6.45) is 9.25. The van der Waals surface area contributed by atoms with Crippen LogP contribution < -0.4 is 5.32 Å². The van der Waals surface area contributed by atoms with Crippen molar-refractivity contribution in [2.45, 2.75) is 44.1 Å². The third-order valence-corrected chi connectivity index (χ3v) is 5.61. The normalized spacial score (nSPS) is 19.7. The Labute approximate surface area is 156 Å². The SMILES string of the molecule is [C-]#[N+]c1ccc2c(c1)NC(=O)C2c1ncnc2c1cnn2C1CCCCC1. The first kappa shape index (κ1) is 15.9. The molecule has 1 fully saturated rings. The molecule has 1 aliphatic heterocycles. The van der Waals surface area contributed by atoms with Crippen LogP contribution in [0.1, 0.15) is 55.3 Å². The second-order valence-electron chi connectivity index (χ2n) is 7.18. The standard InChI is InChI=1S/C20H18N6O/c1-21-12-7-8-14-16(9-12)25-20(27)17(14)18-15-10-24-26(19(15)23-11-22-18)13-5-3-2-4-6-13/h7-11,13,17H,2-6H2,(H,25,27). The molecule has 0 bridgehead atoms. The molecule has 0 spiro atoms. The Kier molecular flexibility index (Phi) is 3.64. The molecule has 3 heterocycles. The van der Waals surface area contributed by atoms with Gasteiger partial charge >= 0.3 is 0 Å². The number of hydrogen-bond donors (Lipinski definition) is 1. The topological polar surface area (TPSA) is 77.1 Å². The van der Waals surface area contributed by atoms with Crippen molar-refractivity contribution in [1.82, 2.24) is 19.7 Å². The highest BCUT2D eigenvalue weighted by molar-refractivity contribution is 6.07. The monoisotopic (exact) mass is 358 g/mol. The lowest BCUT2D eigenvalue weighted by molar-refractivity contribution is -0.116. The molecule has 27 heavy (non-hydrogen) atoms. The zero-order chi connectivity index (χ0) is 18.4. The minimum absolute atomic E-state index is 0.127. The van der Waals surface area contributed by atoms with Gasteiger partial charge in [0, 0.05) is 5.69 Å². The molecule has 2 aliphatic rings. The highest BCUT2D eigenvalue weighted by Gasteiger charge is 2.35. The van der Waals surface area contributed by atoms with E-state index in [1.807, 2.05) is 10.7 Å². The van der Waals surface area contributed by atoms with E-state index in [9.17, 15) is 4.79 Å². The van der Waals surface area contributed by atoms with E-state index >= 15 is 0 Å². The van der Waals surface area contributed by atoms with Crippen molar-refractivity contribution in [3.8, 4) is 0 Å². The molecule has 7 nitrogen and oxygen atoms in total. The molecular formula is C20H18N6O. The largest absolute Gasteiger partial charge is 0.326 e. The summed E-state index contributed by atoms with van der Waals surface area (Å²) >= 11 is 0. The molecule has 1 N–H and O–H groups in total. The molecule has 2 aromatic heterocycles. The molecule has 1 aromatic carbocycles. The first-order chi connectivity index (χ1) is 13.3. The van der Waals surface area contributed by atoms with Gasteiger partial charge in [-0.15, -0.1) is 0 Å². The number of fused-ring (bicyclic) bond motifs is 2. The van der Waals surface area contributed by atoms with Gasteiger partial charge in [-0.2, -0.15) is 5.10 Å². The number of hydrogen-bond acceptors (Lipinski definition) is 4. The van der Waals surface area contributed by atoms with Crippen molar-refractivity contribution < 1.29 is 4.79 Å². The summed E-state index contributed by atoms with van der Waals surface area (Å²) < 4.78 is 2.01. The Morgan fingerprint density at radius 2 is 2.04 bits per heavy atom. The van der Waals surface area contributed by atoms with Crippen molar-refractivity contribution in [2.24, 2.45) is 0 Å². The van der Waals surface area contributed by atoms with Gasteiger partial charge in [0.15, 0.2) is 11.3 Å². The first-order valence-corrected chi connectivity index (χ1v) is 9.26. The number of carbonyl (C=O) groups is 1. The third-order valence-electron chi connectivity index (χ3n) is 5.61. The Morgan fingerprint density at radius 1 is 1.19 bits per heavy atom. The van der Waals surface area contributed by atoms with Gasteiger partial charge in [0.25, 0.3) is 0 Å². The fraction of sp³-hybridized carbons (Fsp3) is 0.350. The van der Waals surface area contributed by atoms with Crippen LogP contribution in [0.2, 0.25) is 0 Å². The lowest BCUT2D eigenvalue weighted by Gasteiger charge is -2.22. The number of nitrogens with one attached hydrogen (secondary N) is 1. The predicted octanol–water partition coefficient (Wildman–Crippen LogP) is 3.97. The Hall–Kier alpha value is -3.27. The molecule has 1 aliphatic carbocycles. The van der Waals surface area contributed by atoms with E-state index in [1.54, 1.807) is 18.3 Å². The predicted molar refractivity (Wildman–Crippen MR) is 101 cm³/mol. The second-order valence-corrected chi connectivity index (χ2v) is 7.18. The van der Waals surface area contributed by atoms with Crippen LogP contribution in [0.4, 0.5) is 11.4 Å². The van der Waals surface area contributed by atoms with Crippen LogP contribution in [0.15, 0.2) is 30.7 Å². The summed E-state index contributed by atoms with van der Waals surface area (Å²) in [5.74, 6) is -0.633. The summed E-state index contributed by atoms with van der Waals surface area (Å²) in [7, 11) is 0. The van der Waals surface area contributed by atoms with Crippen LogP contribution in [0.5, 0.6) is 0 Å². The highest BCUT2D eigenvalue weighted by atomic mass is 16.2. The van der Waals surface area contributed by atoms with Crippen LogP contribution in [0.25, 0.3) is 15.9 Å². The van der Waals surface area contributed by atoms with Gasteiger partial charge in [0.1, 0.15) is 12.2 Å². The first-order valence-electron chi connectivity index (χ1n) is 9.26. The van der Waals surface area contributed by atoms with Crippen molar-refractivity contribution in [3.63, 3.8) is 0 Å². The van der Waals surface area contributed by atoms with Crippen molar-refractivity contribution >= 4 is 28.3 Å². The summed E-state index contributed by atoms with van der Waals surface area (Å²) in [4.78, 5) is 25.1. The van der Waals surface area contributed by atoms with Crippen LogP contribution in [0.3, 0.4) is 0 Å². The van der Waals surface area contributed by atoms with Crippen molar-refractivity contribution in [2.75, 3.05) is 5.32 Å². The number of carbonyl (C=O) groups excluding carboxylic acids is 1. The van der Waals surface area contributed by atoms with Gasteiger partial charge < -0.3 is 5.32 Å². The van der Waals surface area contributed by atoms with Gasteiger partial charge in [-0.05, 0) is 24.5 Å². The van der Waals surface area contributed by atoms with Crippen LogP contribution in [0, 0.1) is 6.57 Å². The van der Waals surface area contributed by atoms with Gasteiger partial charge in [0.2, 0.25) is 5.91 Å². The summed E-state index contributed by atoms with van der Waals surface area (Å²) in [5.41, 5.74) is 3.51. The Bertz CT molecular complexity index is 1090. The van der Waals surface area contributed by atoms with Crippen LogP contribution in [-0.2, 0) is 4.79 Å². The van der Waals surface area contributed by atoms with Gasteiger partial charge in [-0.1, -0.05) is 31.4 Å². The van der Waals surface area contributed by atoms with Crippen LogP contribution >= 0.6 is 0 Å². The van der Waals surface area contributed by atoms with Crippen LogP contribution in [-0.4, -0.2) is 25.7 Å². The van der Waals surface area contributed by atoms with E-state index in [1.165, 1.54) is 25.6 Å². The van der Waals surface area contributed by atoms with E-state index in [-0.39, 0.29) is 5.91 Å². The number of amides is 1. The molecule has 1 atom stereocenters. The smallest absolute Gasteiger partial charge is 0.238 e. The van der Waals surface area contributed by atoms with E-state index in [0.29, 0.717) is 23.1 Å². The van der Waals surface area contributed by atoms with Crippen molar-refractivity contribution in [3.05, 3.63) is 53.4 Å². The zero-order valence-corrected chi connectivity index (χ0v) is 14.7. The van der Waals surface area contributed by atoms with Gasteiger partial charge in [0.05, 0.1) is 29.9 Å². The molecule has 3 aromatic rings. The van der Waals surface area contributed by atoms with E-state index in [2.05, 4.69) is 25.2 Å². The number of benzene rings is 1. The molecule has 134 valence electrons. The average Bonchev–Trinajstić information content (AvgIpc) is 3.28. The quantitative estimate of drug-likeness (QED) is 0.703. The molecular weight excluding hydrogens is 340 g/mol. The average molecular weight is 358 g/mol. The second kappa shape index (κ2) is 6.16. The summed E-state index contributed by atoms with van der Waals surface area (Å²) in [5, 5.41) is 8.31. The minimum Gasteiger partial charge on any atom is -0.326 e. The maximum atomic E-state index is 12.7. The Morgan fingerprint density at radius 3 is 2.85 bits per heavy atom. The number of rotatable bonds is 2. The highest BCUT2D eigenvalue weighted by Crippen LogP contribution is 2.40. The fourth-order valence-electron chi connectivity index (χ4n) is 4.29. The zero-order valence-electron chi connectivity index (χ0n) is 14.7. The van der Waals surface area contributed by atoms with E-state index in [0.717, 1.165) is 29.4 Å². The molecule has 7 heteroatoms. The molecule has 5 rings (SSSR count). The fourth-order valence-corrected chi connectivity index (χ4v) is 4.29. The molecule has 1 amide bonds. The van der Waals surface area contributed by atoms with Crippen molar-refractivity contribution in [1.29, 1.82) is 0 Å². The lowest BCUT2D eigenvalue weighted by Crippen LogP contribution is -2.16. The van der Waals surface area contributed by atoms with Gasteiger partial charge in [-0.25, -0.2) is 19.5 Å². The maximum absolute atomic E-state index is 12.7. The number of nitrogens with zero attached hydrogens (tertiary/aromatic N) is 5. The van der Waals surface area contributed by atoms with E-state index in [4.69, 9.17) is 6.57 Å². The lowest BCUT2D eigenvalue weighted by atomic mass is 9.94. The molecule has 1 saturated carbocycles. The third kappa shape index (κ3) is 2.48. The number of anilines is 1. The number of aromatic nitrogens is 4. The maximum Gasteiger partial charge on any atom is 0.238 e.